The molecule has 28 heavy (non-hydrogen) atoms. The molecule has 0 aliphatic rings. The van der Waals surface area contributed by atoms with Crippen LogP contribution in [-0.2, 0) is 13.1 Å². The van der Waals surface area contributed by atoms with Gasteiger partial charge >= 0.3 is 0 Å². The lowest BCUT2D eigenvalue weighted by Crippen LogP contribution is -2.36. The molecule has 0 amide bonds. The Hall–Kier alpha value is -3.15. The predicted molar refractivity (Wildman–Crippen MR) is 111 cm³/mol. The molecule has 0 aliphatic carbocycles. The van der Waals surface area contributed by atoms with Crippen molar-refractivity contribution in [2.24, 2.45) is 4.99 Å². The number of halogens is 1. The largest absolute Gasteiger partial charge is 0.352 e. The third-order valence-electron chi connectivity index (χ3n) is 4.79. The lowest BCUT2D eigenvalue weighted by atomic mass is 10.1. The standard InChI is InChI=1S/C22H26FN5/c1-15-10-11-18(12-21(15)23)13-25-22(24-4)26-14-20-16(2)27-28(17(20)3)19-8-6-5-7-9-19/h5-12H,13-14H2,1-4H3,(H2,24,25,26). The molecule has 146 valence electrons. The van der Waals surface area contributed by atoms with E-state index in [-0.39, 0.29) is 5.82 Å². The summed E-state index contributed by atoms with van der Waals surface area (Å²) in [6.07, 6.45) is 0. The number of guanidine groups is 1. The zero-order chi connectivity index (χ0) is 20.1. The number of aliphatic imine (C=N–C) groups is 1. The lowest BCUT2D eigenvalue weighted by molar-refractivity contribution is 0.615. The zero-order valence-corrected chi connectivity index (χ0v) is 16.8. The van der Waals surface area contributed by atoms with Gasteiger partial charge in [-0.1, -0.05) is 30.3 Å². The average molecular weight is 379 g/mol. The average Bonchev–Trinajstić information content (AvgIpc) is 2.99. The summed E-state index contributed by atoms with van der Waals surface area (Å²) in [6, 6.07) is 15.3. The van der Waals surface area contributed by atoms with E-state index in [1.165, 1.54) is 0 Å². The molecule has 0 fully saturated rings. The van der Waals surface area contributed by atoms with Crippen LogP contribution >= 0.6 is 0 Å². The summed E-state index contributed by atoms with van der Waals surface area (Å²) in [5, 5.41) is 11.2. The first-order valence-corrected chi connectivity index (χ1v) is 9.29. The van der Waals surface area contributed by atoms with E-state index in [4.69, 9.17) is 0 Å². The zero-order valence-electron chi connectivity index (χ0n) is 16.8. The molecular formula is C22H26FN5. The highest BCUT2D eigenvalue weighted by Crippen LogP contribution is 2.17. The topological polar surface area (TPSA) is 54.2 Å². The molecule has 0 bridgehead atoms. The molecule has 3 rings (SSSR count). The number of para-hydroxylation sites is 1. The highest BCUT2D eigenvalue weighted by molar-refractivity contribution is 5.79. The molecule has 1 heterocycles. The van der Waals surface area contributed by atoms with Crippen LogP contribution in [0.1, 0.15) is 28.1 Å². The highest BCUT2D eigenvalue weighted by atomic mass is 19.1. The van der Waals surface area contributed by atoms with Crippen molar-refractivity contribution in [3.05, 3.63) is 82.4 Å². The molecule has 0 spiro atoms. The first-order valence-electron chi connectivity index (χ1n) is 9.29. The van der Waals surface area contributed by atoms with Crippen molar-refractivity contribution in [1.82, 2.24) is 20.4 Å². The van der Waals surface area contributed by atoms with Crippen LogP contribution in [0.5, 0.6) is 0 Å². The summed E-state index contributed by atoms with van der Waals surface area (Å²) >= 11 is 0. The van der Waals surface area contributed by atoms with Crippen LogP contribution in [0.4, 0.5) is 4.39 Å². The van der Waals surface area contributed by atoms with Gasteiger partial charge in [0.1, 0.15) is 5.82 Å². The third kappa shape index (κ3) is 4.39. The van der Waals surface area contributed by atoms with E-state index in [1.54, 1.807) is 26.1 Å². The van der Waals surface area contributed by atoms with Crippen LogP contribution in [0.3, 0.4) is 0 Å². The molecule has 1 aromatic heterocycles. The van der Waals surface area contributed by atoms with Gasteiger partial charge in [-0.25, -0.2) is 9.07 Å². The Bertz CT molecular complexity index is 976. The number of nitrogens with zero attached hydrogens (tertiary/aromatic N) is 3. The minimum Gasteiger partial charge on any atom is -0.352 e. The molecule has 2 aromatic carbocycles. The highest BCUT2D eigenvalue weighted by Gasteiger charge is 2.13. The van der Waals surface area contributed by atoms with Crippen molar-refractivity contribution < 1.29 is 4.39 Å². The molecule has 2 N–H and O–H groups in total. The van der Waals surface area contributed by atoms with Crippen molar-refractivity contribution in [2.75, 3.05) is 7.05 Å². The normalized spacial score (nSPS) is 11.5. The van der Waals surface area contributed by atoms with Gasteiger partial charge in [-0.3, -0.25) is 4.99 Å². The van der Waals surface area contributed by atoms with Crippen LogP contribution in [-0.4, -0.2) is 22.8 Å². The second kappa shape index (κ2) is 8.69. The van der Waals surface area contributed by atoms with Crippen LogP contribution < -0.4 is 10.6 Å². The molecule has 0 atom stereocenters. The van der Waals surface area contributed by atoms with Gasteiger partial charge in [-0.2, -0.15) is 5.10 Å². The van der Waals surface area contributed by atoms with Crippen molar-refractivity contribution in [2.45, 2.75) is 33.9 Å². The maximum absolute atomic E-state index is 13.7. The second-order valence-electron chi connectivity index (χ2n) is 6.76. The fourth-order valence-corrected chi connectivity index (χ4v) is 3.08. The summed E-state index contributed by atoms with van der Waals surface area (Å²) in [6.45, 7) is 6.93. The number of nitrogens with one attached hydrogen (secondary N) is 2. The van der Waals surface area contributed by atoms with E-state index in [1.807, 2.05) is 48.0 Å². The van der Waals surface area contributed by atoms with Crippen molar-refractivity contribution >= 4 is 5.96 Å². The van der Waals surface area contributed by atoms with Gasteiger partial charge in [0.15, 0.2) is 5.96 Å². The fraction of sp³-hybridized carbons (Fsp3) is 0.273. The van der Waals surface area contributed by atoms with E-state index in [0.29, 0.717) is 24.6 Å². The van der Waals surface area contributed by atoms with Crippen molar-refractivity contribution in [3.63, 3.8) is 0 Å². The van der Waals surface area contributed by atoms with E-state index in [2.05, 4.69) is 27.6 Å². The van der Waals surface area contributed by atoms with Crippen LogP contribution in [0, 0.1) is 26.6 Å². The maximum Gasteiger partial charge on any atom is 0.191 e. The number of aryl methyl sites for hydroxylation is 2. The smallest absolute Gasteiger partial charge is 0.191 e. The number of aromatic nitrogens is 2. The minimum atomic E-state index is -0.193. The SMILES string of the molecule is CN=C(NCc1ccc(C)c(F)c1)NCc1c(C)nn(-c2ccccc2)c1C. The van der Waals surface area contributed by atoms with Crippen molar-refractivity contribution in [3.8, 4) is 5.69 Å². The molecule has 0 saturated heterocycles. The van der Waals surface area contributed by atoms with E-state index in [0.717, 1.165) is 28.2 Å². The maximum atomic E-state index is 13.7. The Kier molecular flexibility index (Phi) is 6.09. The summed E-state index contributed by atoms with van der Waals surface area (Å²) in [7, 11) is 1.72. The number of benzene rings is 2. The molecule has 0 unspecified atom stereocenters. The molecule has 0 saturated carbocycles. The van der Waals surface area contributed by atoms with Crippen LogP contribution in [0.2, 0.25) is 0 Å². The van der Waals surface area contributed by atoms with Gasteiger partial charge in [0.25, 0.3) is 0 Å². The summed E-state index contributed by atoms with van der Waals surface area (Å²) in [5.74, 6) is 0.467. The Morgan fingerprint density at radius 3 is 2.43 bits per heavy atom. The molecule has 0 aliphatic heterocycles. The van der Waals surface area contributed by atoms with Gasteiger partial charge in [-0.05, 0) is 50.1 Å². The van der Waals surface area contributed by atoms with Crippen LogP contribution in [0.15, 0.2) is 53.5 Å². The summed E-state index contributed by atoms with van der Waals surface area (Å²) in [5.41, 5.74) is 5.76. The van der Waals surface area contributed by atoms with Gasteiger partial charge < -0.3 is 10.6 Å². The Labute approximate surface area is 165 Å². The monoisotopic (exact) mass is 379 g/mol. The number of hydrogen-bond donors (Lipinski definition) is 2. The second-order valence-corrected chi connectivity index (χ2v) is 6.76. The van der Waals surface area contributed by atoms with Gasteiger partial charge in [-0.15, -0.1) is 0 Å². The van der Waals surface area contributed by atoms with E-state index in [9.17, 15) is 4.39 Å². The number of hydrogen-bond acceptors (Lipinski definition) is 2. The Morgan fingerprint density at radius 2 is 1.75 bits per heavy atom. The minimum absolute atomic E-state index is 0.193. The molecule has 6 heteroatoms. The number of rotatable bonds is 5. The molecule has 0 radical (unpaired) electrons. The van der Waals surface area contributed by atoms with Crippen LogP contribution in [0.25, 0.3) is 5.69 Å². The van der Waals surface area contributed by atoms with Gasteiger partial charge in [0.2, 0.25) is 0 Å². The summed E-state index contributed by atoms with van der Waals surface area (Å²) in [4.78, 5) is 4.26. The Morgan fingerprint density at radius 1 is 1.04 bits per heavy atom. The molecule has 5 nitrogen and oxygen atoms in total. The summed E-state index contributed by atoms with van der Waals surface area (Å²) < 4.78 is 15.7. The molecular weight excluding hydrogens is 353 g/mol. The van der Waals surface area contributed by atoms with E-state index >= 15 is 0 Å². The first kappa shape index (κ1) is 19.6. The quantitative estimate of drug-likeness (QED) is 0.524. The van der Waals surface area contributed by atoms with Gasteiger partial charge in [0, 0.05) is 31.4 Å². The lowest BCUT2D eigenvalue weighted by Gasteiger charge is -2.13. The Balaban J connectivity index is 1.65. The predicted octanol–water partition coefficient (Wildman–Crippen LogP) is 3.80. The first-order chi connectivity index (χ1) is 13.5. The fourth-order valence-electron chi connectivity index (χ4n) is 3.08. The third-order valence-corrected chi connectivity index (χ3v) is 4.79. The molecule has 3 aromatic rings. The van der Waals surface area contributed by atoms with E-state index < -0.39 is 0 Å². The van der Waals surface area contributed by atoms with Gasteiger partial charge in [0.05, 0.1) is 11.4 Å². The van der Waals surface area contributed by atoms with Crippen molar-refractivity contribution in [1.29, 1.82) is 0 Å².